The average Bonchev–Trinajstić information content (AvgIpc) is 3.30. The summed E-state index contributed by atoms with van der Waals surface area (Å²) in [5.74, 6) is 0.621. The first-order chi connectivity index (χ1) is 17.1. The van der Waals surface area contributed by atoms with Crippen molar-refractivity contribution < 1.29 is 19.4 Å². The summed E-state index contributed by atoms with van der Waals surface area (Å²) in [5.41, 5.74) is 4.48. The SMILES string of the molecule is CC(=O)Nc1cccc([C@@H]2O[C@H](CSc3nc4ccccc4s3)C[C@H](c3ccc(CO)cc3)O2)c1. The van der Waals surface area contributed by atoms with Crippen LogP contribution in [0.25, 0.3) is 10.2 Å². The topological polar surface area (TPSA) is 80.7 Å². The minimum atomic E-state index is -0.569. The number of aromatic nitrogens is 1. The molecule has 35 heavy (non-hydrogen) atoms. The Morgan fingerprint density at radius 2 is 1.91 bits per heavy atom. The summed E-state index contributed by atoms with van der Waals surface area (Å²) in [7, 11) is 0. The highest BCUT2D eigenvalue weighted by molar-refractivity contribution is 8.01. The van der Waals surface area contributed by atoms with Gasteiger partial charge in [0.2, 0.25) is 5.91 Å². The number of carbonyl (C=O) groups excluding carboxylic acids is 1. The molecule has 0 saturated carbocycles. The molecule has 1 aromatic heterocycles. The predicted octanol–water partition coefficient (Wildman–Crippen LogP) is 6.08. The summed E-state index contributed by atoms with van der Waals surface area (Å²) in [4.78, 5) is 16.3. The molecule has 180 valence electrons. The van der Waals surface area contributed by atoms with Crippen LogP contribution in [0, 0.1) is 0 Å². The number of para-hydroxylation sites is 1. The fraction of sp³-hybridized carbons (Fsp3) is 0.259. The lowest BCUT2D eigenvalue weighted by molar-refractivity contribution is -0.245. The molecule has 2 heterocycles. The Balaban J connectivity index is 1.36. The lowest BCUT2D eigenvalue weighted by Crippen LogP contribution is -2.31. The van der Waals surface area contributed by atoms with Crippen molar-refractivity contribution in [1.29, 1.82) is 0 Å². The van der Waals surface area contributed by atoms with Gasteiger partial charge in [0.25, 0.3) is 0 Å². The molecule has 0 spiro atoms. The summed E-state index contributed by atoms with van der Waals surface area (Å²) < 4.78 is 15.0. The van der Waals surface area contributed by atoms with E-state index in [9.17, 15) is 9.90 Å². The van der Waals surface area contributed by atoms with Crippen LogP contribution < -0.4 is 5.32 Å². The predicted molar refractivity (Wildman–Crippen MR) is 140 cm³/mol. The molecule has 1 aliphatic rings. The number of hydrogen-bond donors (Lipinski definition) is 2. The molecule has 4 aromatic rings. The molecular weight excluding hydrogens is 480 g/mol. The van der Waals surface area contributed by atoms with Crippen LogP contribution in [0.2, 0.25) is 0 Å². The highest BCUT2D eigenvalue weighted by Crippen LogP contribution is 2.40. The average molecular weight is 507 g/mol. The van der Waals surface area contributed by atoms with Gasteiger partial charge in [-0.2, -0.15) is 0 Å². The van der Waals surface area contributed by atoms with Crippen LogP contribution in [0.15, 0.2) is 77.1 Å². The molecule has 3 atom stereocenters. The Hall–Kier alpha value is -2.75. The molecular formula is C27H26N2O4S2. The number of nitrogens with one attached hydrogen (secondary N) is 1. The van der Waals surface area contributed by atoms with Crippen molar-refractivity contribution in [2.24, 2.45) is 0 Å². The Labute approximate surface area is 212 Å². The van der Waals surface area contributed by atoms with Crippen molar-refractivity contribution in [3.63, 3.8) is 0 Å². The molecule has 2 N–H and O–H groups in total. The van der Waals surface area contributed by atoms with Gasteiger partial charge in [-0.05, 0) is 35.4 Å². The van der Waals surface area contributed by atoms with Gasteiger partial charge in [-0.15, -0.1) is 11.3 Å². The smallest absolute Gasteiger partial charge is 0.221 e. The van der Waals surface area contributed by atoms with E-state index in [0.29, 0.717) is 12.1 Å². The van der Waals surface area contributed by atoms with Crippen LogP contribution in [-0.4, -0.2) is 27.9 Å². The number of hydrogen-bond acceptors (Lipinski definition) is 7. The van der Waals surface area contributed by atoms with Crippen LogP contribution >= 0.6 is 23.1 Å². The number of anilines is 1. The van der Waals surface area contributed by atoms with Gasteiger partial charge in [0.05, 0.1) is 29.0 Å². The quantitative estimate of drug-likeness (QED) is 0.296. The minimum Gasteiger partial charge on any atom is -0.392 e. The maximum Gasteiger partial charge on any atom is 0.221 e. The molecule has 1 fully saturated rings. The minimum absolute atomic E-state index is 0.00884. The Bertz CT molecular complexity index is 1280. The Morgan fingerprint density at radius 3 is 2.69 bits per heavy atom. The van der Waals surface area contributed by atoms with E-state index in [-0.39, 0.29) is 24.7 Å². The third-order valence-electron chi connectivity index (χ3n) is 5.76. The molecule has 8 heteroatoms. The first kappa shape index (κ1) is 24.0. The number of thioether (sulfide) groups is 1. The molecule has 5 rings (SSSR count). The zero-order valence-electron chi connectivity index (χ0n) is 19.2. The van der Waals surface area contributed by atoms with Gasteiger partial charge < -0.3 is 19.9 Å². The van der Waals surface area contributed by atoms with Crippen molar-refractivity contribution in [2.75, 3.05) is 11.1 Å². The second kappa shape index (κ2) is 10.9. The first-order valence-electron chi connectivity index (χ1n) is 11.4. The Kier molecular flexibility index (Phi) is 7.46. The van der Waals surface area contributed by atoms with Gasteiger partial charge in [-0.1, -0.05) is 60.3 Å². The zero-order chi connectivity index (χ0) is 24.2. The summed E-state index contributed by atoms with van der Waals surface area (Å²) in [6.07, 6.45) is -0.0799. The van der Waals surface area contributed by atoms with Gasteiger partial charge in [0.15, 0.2) is 10.6 Å². The van der Waals surface area contributed by atoms with Gasteiger partial charge >= 0.3 is 0 Å². The number of carbonyl (C=O) groups is 1. The number of aliphatic hydroxyl groups is 1. The van der Waals surface area contributed by atoms with E-state index in [1.807, 2.05) is 66.7 Å². The lowest BCUT2D eigenvalue weighted by atomic mass is 10.0. The van der Waals surface area contributed by atoms with Crippen molar-refractivity contribution >= 4 is 44.9 Å². The third-order valence-corrected chi connectivity index (χ3v) is 8.07. The van der Waals surface area contributed by atoms with Gasteiger partial charge in [0.1, 0.15) is 0 Å². The molecule has 6 nitrogen and oxygen atoms in total. The normalized spacial score (nSPS) is 20.1. The highest BCUT2D eigenvalue weighted by atomic mass is 32.2. The van der Waals surface area contributed by atoms with Crippen molar-refractivity contribution in [2.45, 2.75) is 42.8 Å². The maximum atomic E-state index is 11.5. The van der Waals surface area contributed by atoms with E-state index in [1.54, 1.807) is 23.1 Å². The number of aliphatic hydroxyl groups excluding tert-OH is 1. The molecule has 0 bridgehead atoms. The van der Waals surface area contributed by atoms with Gasteiger partial charge in [-0.3, -0.25) is 4.79 Å². The zero-order valence-corrected chi connectivity index (χ0v) is 20.9. The third kappa shape index (κ3) is 5.91. The molecule has 1 amide bonds. The van der Waals surface area contributed by atoms with Crippen LogP contribution in [-0.2, 0) is 20.9 Å². The van der Waals surface area contributed by atoms with Crippen molar-refractivity contribution in [1.82, 2.24) is 4.98 Å². The van der Waals surface area contributed by atoms with Crippen molar-refractivity contribution in [3.8, 4) is 0 Å². The van der Waals surface area contributed by atoms with Gasteiger partial charge in [0, 0.05) is 30.3 Å². The van der Waals surface area contributed by atoms with E-state index in [2.05, 4.69) is 11.4 Å². The molecule has 1 aliphatic heterocycles. The van der Waals surface area contributed by atoms with E-state index >= 15 is 0 Å². The molecule has 3 aromatic carbocycles. The fourth-order valence-corrected chi connectivity index (χ4v) is 6.18. The summed E-state index contributed by atoms with van der Waals surface area (Å²) >= 11 is 3.39. The molecule has 0 aliphatic carbocycles. The second-order valence-corrected chi connectivity index (χ2v) is 10.7. The first-order valence-corrected chi connectivity index (χ1v) is 13.2. The van der Waals surface area contributed by atoms with Crippen LogP contribution in [0.4, 0.5) is 5.69 Å². The van der Waals surface area contributed by atoms with E-state index < -0.39 is 6.29 Å². The number of thiazole rings is 1. The van der Waals surface area contributed by atoms with Crippen LogP contribution in [0.5, 0.6) is 0 Å². The lowest BCUT2D eigenvalue weighted by Gasteiger charge is -2.36. The number of fused-ring (bicyclic) bond motifs is 1. The summed E-state index contributed by atoms with van der Waals surface area (Å²) in [6, 6.07) is 23.6. The molecule has 0 radical (unpaired) electrons. The summed E-state index contributed by atoms with van der Waals surface area (Å²) in [6.45, 7) is 1.50. The van der Waals surface area contributed by atoms with Crippen LogP contribution in [0.3, 0.4) is 0 Å². The van der Waals surface area contributed by atoms with Crippen molar-refractivity contribution in [3.05, 3.63) is 89.5 Å². The van der Waals surface area contributed by atoms with Gasteiger partial charge in [-0.25, -0.2) is 4.98 Å². The number of amides is 1. The molecule has 0 unspecified atom stereocenters. The molecule has 1 saturated heterocycles. The standard InChI is InChI=1S/C27H26N2O4S2/c1-17(31)28-21-6-4-5-20(13-21)26-32-22(14-24(33-26)19-11-9-18(15-30)10-12-19)16-34-27-29-23-7-2-3-8-25(23)35-27/h2-13,22,24,26,30H,14-16H2,1H3,(H,28,31)/t22-,24+,26+/m0/s1. The van der Waals surface area contributed by atoms with E-state index in [1.165, 1.54) is 11.6 Å². The van der Waals surface area contributed by atoms with E-state index in [4.69, 9.17) is 14.5 Å². The second-order valence-electron chi connectivity index (χ2n) is 8.42. The highest BCUT2D eigenvalue weighted by Gasteiger charge is 2.32. The number of ether oxygens (including phenoxy) is 2. The number of nitrogens with zero attached hydrogens (tertiary/aromatic N) is 1. The monoisotopic (exact) mass is 506 g/mol. The maximum absolute atomic E-state index is 11.5. The Morgan fingerprint density at radius 1 is 1.09 bits per heavy atom. The van der Waals surface area contributed by atoms with E-state index in [0.717, 1.165) is 32.3 Å². The number of benzene rings is 3. The largest absolute Gasteiger partial charge is 0.392 e. The number of rotatable bonds is 7. The summed E-state index contributed by atoms with van der Waals surface area (Å²) in [5, 5.41) is 12.2. The fourth-order valence-electron chi connectivity index (χ4n) is 4.07. The van der Waals surface area contributed by atoms with Crippen LogP contribution in [0.1, 0.15) is 42.4 Å².